The second kappa shape index (κ2) is 7.05. The van der Waals surface area contributed by atoms with Crippen LogP contribution in [0.4, 0.5) is 0 Å². The Kier molecular flexibility index (Phi) is 11.0. The molecule has 0 aromatic heterocycles. The van der Waals surface area contributed by atoms with Crippen LogP contribution in [0.5, 0.6) is 0 Å². The molecule has 7 heavy (non-hydrogen) atoms. The van der Waals surface area contributed by atoms with Crippen LogP contribution in [0.25, 0.3) is 0 Å². The van der Waals surface area contributed by atoms with E-state index in [4.69, 9.17) is 0 Å². The van der Waals surface area contributed by atoms with Gasteiger partial charge < -0.3 is 13.9 Å². The molecule has 3 nitrogen and oxygen atoms in total. The third-order valence-corrected chi connectivity index (χ3v) is 0.894. The van der Waals surface area contributed by atoms with Crippen LogP contribution >= 0.6 is 8.60 Å². The van der Waals surface area contributed by atoms with E-state index in [0.29, 0.717) is 0 Å². The van der Waals surface area contributed by atoms with Crippen LogP contribution in [-0.4, -0.2) is 14.2 Å². The van der Waals surface area contributed by atoms with E-state index >= 15 is 0 Å². The number of rotatable bonds is 2. The smallest absolute Gasteiger partial charge is 0.786 e. The van der Waals surface area contributed by atoms with Crippen molar-refractivity contribution in [3.63, 3.8) is 0 Å². The van der Waals surface area contributed by atoms with E-state index in [0.717, 1.165) is 0 Å². The summed E-state index contributed by atoms with van der Waals surface area (Å²) >= 11 is 0. The molecule has 0 aliphatic rings. The zero-order valence-corrected chi connectivity index (χ0v) is 6.35. The topological polar surface area (TPSA) is 41.5 Å². The summed E-state index contributed by atoms with van der Waals surface area (Å²) in [5.74, 6) is 0. The zero-order valence-electron chi connectivity index (χ0n) is 3.97. The van der Waals surface area contributed by atoms with E-state index in [1.165, 1.54) is 14.2 Å². The fourth-order valence-electron chi connectivity index (χ4n) is 0.0745. The van der Waals surface area contributed by atoms with E-state index in [1.807, 2.05) is 0 Å². The molecule has 0 saturated carbocycles. The molecule has 0 spiro atoms. The van der Waals surface area contributed by atoms with E-state index in [1.54, 1.807) is 0 Å². The van der Waals surface area contributed by atoms with Crippen LogP contribution in [0.15, 0.2) is 0 Å². The van der Waals surface area contributed by atoms with Crippen LogP contribution in [0.3, 0.4) is 0 Å². The van der Waals surface area contributed by atoms with Gasteiger partial charge in [-0.15, -0.1) is 0 Å². The Hall–Kier alpha value is 1.05. The van der Waals surface area contributed by atoms with E-state index < -0.39 is 8.60 Å². The summed E-state index contributed by atoms with van der Waals surface area (Å²) in [5.41, 5.74) is 0. The van der Waals surface area contributed by atoms with Gasteiger partial charge in [0.25, 0.3) is 0 Å². The first-order chi connectivity index (χ1) is 2.81. The van der Waals surface area contributed by atoms with Gasteiger partial charge in [-0.05, 0) is 0 Å². The van der Waals surface area contributed by atoms with Gasteiger partial charge in [0, 0.05) is 14.2 Å². The predicted octanol–water partition coefficient (Wildman–Crippen LogP) is -0.136. The summed E-state index contributed by atoms with van der Waals surface area (Å²) in [7, 11) is 0.817. The first-order valence-electron chi connectivity index (χ1n) is 1.36. The Morgan fingerprint density at radius 1 is 1.29 bits per heavy atom. The molecule has 0 atom stereocenters. The van der Waals surface area contributed by atoms with Crippen molar-refractivity contribution >= 4 is 8.60 Å². The molecule has 0 aliphatic heterocycles. The van der Waals surface area contributed by atoms with Gasteiger partial charge in [-0.3, -0.25) is 0 Å². The summed E-state index contributed by atoms with van der Waals surface area (Å²) < 4.78 is 8.37. The molecule has 0 heterocycles. The zero-order chi connectivity index (χ0) is 4.99. The Morgan fingerprint density at radius 3 is 1.57 bits per heavy atom. The standard InChI is InChI=1S/C2H6O3P.Ag/c1-4-6(3)5-2;/h1-2H3;/q-1;+1. The summed E-state index contributed by atoms with van der Waals surface area (Å²) in [6, 6.07) is 0. The molecule has 0 bridgehead atoms. The average Bonchev–Trinajstić information content (AvgIpc) is 1.65. The molecule has 0 aromatic rings. The third-order valence-electron chi connectivity index (χ3n) is 0.298. The normalized spacial score (nSPS) is 8.57. The van der Waals surface area contributed by atoms with Crippen LogP contribution < -0.4 is 4.89 Å². The molecule has 0 fully saturated rings. The van der Waals surface area contributed by atoms with Gasteiger partial charge in [0.05, 0.1) is 8.60 Å². The second-order valence-corrected chi connectivity index (χ2v) is 1.77. The minimum atomic E-state index is -1.83. The van der Waals surface area contributed by atoms with Crippen molar-refractivity contribution in [2.75, 3.05) is 14.2 Å². The molecular formula is C2H6AgO3P. The molecule has 0 aliphatic carbocycles. The Labute approximate surface area is 59.5 Å². The van der Waals surface area contributed by atoms with Crippen molar-refractivity contribution in [2.24, 2.45) is 0 Å². The first-order valence-corrected chi connectivity index (χ1v) is 2.46. The van der Waals surface area contributed by atoms with Crippen molar-refractivity contribution in [3.8, 4) is 0 Å². The first kappa shape index (κ1) is 10.9. The van der Waals surface area contributed by atoms with Crippen molar-refractivity contribution in [1.82, 2.24) is 0 Å². The van der Waals surface area contributed by atoms with Gasteiger partial charge in [0.1, 0.15) is 0 Å². The minimum absolute atomic E-state index is 0. The Balaban J connectivity index is 0. The van der Waals surface area contributed by atoms with E-state index in [9.17, 15) is 4.89 Å². The molecule has 5 heteroatoms. The fourth-order valence-corrected chi connectivity index (χ4v) is 0.224. The quantitative estimate of drug-likeness (QED) is 0.477. The number of hydrogen-bond acceptors (Lipinski definition) is 3. The van der Waals surface area contributed by atoms with Gasteiger partial charge in [0.15, 0.2) is 0 Å². The molecule has 0 radical (unpaired) electrons. The maximum atomic E-state index is 9.88. The minimum Gasteiger partial charge on any atom is -0.786 e. The molecule has 0 amide bonds. The summed E-state index contributed by atoms with van der Waals surface area (Å²) in [6.07, 6.45) is 0. The van der Waals surface area contributed by atoms with Gasteiger partial charge in [0.2, 0.25) is 0 Å². The Morgan fingerprint density at radius 2 is 1.57 bits per heavy atom. The monoisotopic (exact) mass is 216 g/mol. The van der Waals surface area contributed by atoms with Gasteiger partial charge in [-0.2, -0.15) is 0 Å². The molecular weight excluding hydrogens is 211 g/mol. The van der Waals surface area contributed by atoms with Crippen molar-refractivity contribution in [3.05, 3.63) is 0 Å². The van der Waals surface area contributed by atoms with Crippen LogP contribution in [0.2, 0.25) is 0 Å². The van der Waals surface area contributed by atoms with Crippen LogP contribution in [-0.2, 0) is 31.4 Å². The second-order valence-electron chi connectivity index (χ2n) is 0.589. The van der Waals surface area contributed by atoms with Crippen molar-refractivity contribution in [1.29, 1.82) is 0 Å². The molecule has 0 aromatic carbocycles. The van der Waals surface area contributed by atoms with Gasteiger partial charge >= 0.3 is 22.4 Å². The molecule has 0 unspecified atom stereocenters. The number of hydrogen-bond donors (Lipinski definition) is 0. The maximum absolute atomic E-state index is 9.88. The summed E-state index contributed by atoms with van der Waals surface area (Å²) in [4.78, 5) is 9.88. The van der Waals surface area contributed by atoms with Crippen LogP contribution in [0.1, 0.15) is 0 Å². The largest absolute Gasteiger partial charge is 1.00 e. The van der Waals surface area contributed by atoms with E-state index in [-0.39, 0.29) is 22.4 Å². The fraction of sp³-hybridized carbons (Fsp3) is 1.00. The summed E-state index contributed by atoms with van der Waals surface area (Å²) in [6.45, 7) is 0. The Bertz CT molecular complexity index is 32.1. The molecule has 48 valence electrons. The van der Waals surface area contributed by atoms with Gasteiger partial charge in [-0.25, -0.2) is 0 Å². The molecule has 0 saturated heterocycles. The molecule has 0 N–H and O–H groups in total. The average molecular weight is 217 g/mol. The van der Waals surface area contributed by atoms with Crippen molar-refractivity contribution < 1.29 is 36.3 Å². The maximum Gasteiger partial charge on any atom is 1.00 e. The SMILES string of the molecule is COP([O-])OC.[Ag+]. The van der Waals surface area contributed by atoms with E-state index in [2.05, 4.69) is 9.05 Å². The summed E-state index contributed by atoms with van der Waals surface area (Å²) in [5, 5.41) is 0. The predicted molar refractivity (Wildman–Crippen MR) is 20.9 cm³/mol. The van der Waals surface area contributed by atoms with Crippen molar-refractivity contribution in [2.45, 2.75) is 0 Å². The van der Waals surface area contributed by atoms with Gasteiger partial charge in [-0.1, -0.05) is 0 Å². The third kappa shape index (κ3) is 7.05. The molecule has 0 rings (SSSR count). The van der Waals surface area contributed by atoms with Crippen LogP contribution in [0, 0.1) is 0 Å².